The maximum Gasteiger partial charge on any atom is 0.337 e. The Morgan fingerprint density at radius 1 is 1.00 bits per heavy atom. The summed E-state index contributed by atoms with van der Waals surface area (Å²) in [5.41, 5.74) is 5.97. The Balaban J connectivity index is 1.63. The summed E-state index contributed by atoms with van der Waals surface area (Å²) >= 11 is 5.92. The standard InChI is InChI=1S/C29H32N2O5S/c1-18-6-7-19(2)24(14-18)30-29(37)31-13-12-21-15-26(33-3)27(34-4)16-23(21)25(31)17-36-22-10-8-20(9-11-22)28(32)35-5/h6-11,14-16,25H,12-13,17H2,1-5H3,(H,30,37). The van der Waals surface area contributed by atoms with Gasteiger partial charge in [-0.2, -0.15) is 0 Å². The molecule has 0 amide bonds. The molecule has 1 atom stereocenters. The Kier molecular flexibility index (Phi) is 8.18. The van der Waals surface area contributed by atoms with E-state index in [2.05, 4.69) is 42.3 Å². The molecule has 7 nitrogen and oxygen atoms in total. The predicted molar refractivity (Wildman–Crippen MR) is 148 cm³/mol. The summed E-state index contributed by atoms with van der Waals surface area (Å²) in [5.74, 6) is 1.62. The topological polar surface area (TPSA) is 69.3 Å². The number of hydrogen-bond donors (Lipinski definition) is 1. The van der Waals surface area contributed by atoms with Gasteiger partial charge in [0.15, 0.2) is 16.6 Å². The number of esters is 1. The van der Waals surface area contributed by atoms with Gasteiger partial charge in [0.1, 0.15) is 12.4 Å². The van der Waals surface area contributed by atoms with Crippen LogP contribution in [0, 0.1) is 13.8 Å². The van der Waals surface area contributed by atoms with Gasteiger partial charge in [-0.15, -0.1) is 0 Å². The van der Waals surface area contributed by atoms with Crippen molar-refractivity contribution in [2.75, 3.05) is 39.8 Å². The number of carbonyl (C=O) groups excluding carboxylic acids is 1. The molecule has 0 radical (unpaired) electrons. The van der Waals surface area contributed by atoms with E-state index in [1.165, 1.54) is 7.11 Å². The molecule has 3 aromatic rings. The number of rotatable bonds is 7. The first-order valence-corrected chi connectivity index (χ1v) is 12.5. The van der Waals surface area contributed by atoms with Crippen molar-refractivity contribution in [3.8, 4) is 17.2 Å². The van der Waals surface area contributed by atoms with Crippen LogP contribution in [0.4, 0.5) is 5.69 Å². The monoisotopic (exact) mass is 520 g/mol. The van der Waals surface area contributed by atoms with Crippen LogP contribution in [0.25, 0.3) is 0 Å². The minimum Gasteiger partial charge on any atom is -0.493 e. The van der Waals surface area contributed by atoms with Crippen molar-refractivity contribution in [1.82, 2.24) is 4.90 Å². The molecule has 1 aliphatic heterocycles. The molecule has 194 valence electrons. The first-order chi connectivity index (χ1) is 17.8. The second-order valence-electron chi connectivity index (χ2n) is 8.94. The molecular formula is C29H32N2O5S. The van der Waals surface area contributed by atoms with E-state index in [4.69, 9.17) is 31.2 Å². The van der Waals surface area contributed by atoms with Gasteiger partial charge < -0.3 is 29.2 Å². The second-order valence-corrected chi connectivity index (χ2v) is 9.33. The highest BCUT2D eigenvalue weighted by molar-refractivity contribution is 7.80. The molecule has 37 heavy (non-hydrogen) atoms. The minimum atomic E-state index is -0.386. The van der Waals surface area contributed by atoms with Crippen LogP contribution < -0.4 is 19.5 Å². The average Bonchev–Trinajstić information content (AvgIpc) is 2.92. The van der Waals surface area contributed by atoms with Gasteiger partial charge in [-0.3, -0.25) is 0 Å². The highest BCUT2D eigenvalue weighted by Gasteiger charge is 2.31. The van der Waals surface area contributed by atoms with Gasteiger partial charge in [-0.05, 0) is 97.2 Å². The highest BCUT2D eigenvalue weighted by atomic mass is 32.1. The van der Waals surface area contributed by atoms with E-state index >= 15 is 0 Å². The summed E-state index contributed by atoms with van der Waals surface area (Å²) in [6, 6.07) is 17.0. The number of benzene rings is 3. The fourth-order valence-corrected chi connectivity index (χ4v) is 4.82. The predicted octanol–water partition coefficient (Wildman–Crippen LogP) is 5.48. The Labute approximate surface area is 223 Å². The van der Waals surface area contributed by atoms with Crippen molar-refractivity contribution in [2.24, 2.45) is 0 Å². The van der Waals surface area contributed by atoms with Crippen LogP contribution in [-0.4, -0.2) is 50.5 Å². The zero-order valence-corrected chi connectivity index (χ0v) is 22.6. The summed E-state index contributed by atoms with van der Waals surface area (Å²) in [6.07, 6.45) is 0.800. The average molecular weight is 521 g/mol. The third kappa shape index (κ3) is 5.80. The van der Waals surface area contributed by atoms with Crippen molar-refractivity contribution in [1.29, 1.82) is 0 Å². The zero-order valence-electron chi connectivity index (χ0n) is 21.8. The maximum atomic E-state index is 11.8. The summed E-state index contributed by atoms with van der Waals surface area (Å²) < 4.78 is 22.1. The number of nitrogens with one attached hydrogen (secondary N) is 1. The van der Waals surface area contributed by atoms with E-state index in [0.717, 1.165) is 34.4 Å². The molecule has 0 aromatic heterocycles. The van der Waals surface area contributed by atoms with E-state index < -0.39 is 0 Å². The number of carbonyl (C=O) groups is 1. The Hall–Kier alpha value is -3.78. The van der Waals surface area contributed by atoms with E-state index in [1.54, 1.807) is 38.5 Å². The molecule has 0 aliphatic carbocycles. The molecule has 1 aliphatic rings. The highest BCUT2D eigenvalue weighted by Crippen LogP contribution is 2.39. The van der Waals surface area contributed by atoms with Crippen molar-refractivity contribution >= 4 is 29.0 Å². The quantitative estimate of drug-likeness (QED) is 0.324. The van der Waals surface area contributed by atoms with Gasteiger partial charge in [0.2, 0.25) is 0 Å². The lowest BCUT2D eigenvalue weighted by atomic mass is 9.92. The maximum absolute atomic E-state index is 11.8. The number of fused-ring (bicyclic) bond motifs is 1. The molecule has 0 bridgehead atoms. The lowest BCUT2D eigenvalue weighted by Gasteiger charge is -2.39. The Morgan fingerprint density at radius 3 is 2.38 bits per heavy atom. The molecule has 1 N–H and O–H groups in total. The molecule has 0 saturated carbocycles. The minimum absolute atomic E-state index is 0.172. The van der Waals surface area contributed by atoms with Crippen molar-refractivity contribution < 1.29 is 23.7 Å². The van der Waals surface area contributed by atoms with E-state index in [1.807, 2.05) is 12.1 Å². The van der Waals surface area contributed by atoms with Crippen LogP contribution in [-0.2, 0) is 11.2 Å². The summed E-state index contributed by atoms with van der Waals surface area (Å²) in [6.45, 7) is 5.18. The number of nitrogens with zero attached hydrogens (tertiary/aromatic N) is 1. The lowest BCUT2D eigenvalue weighted by Crippen LogP contribution is -2.44. The van der Waals surface area contributed by atoms with Gasteiger partial charge in [0, 0.05) is 12.2 Å². The van der Waals surface area contributed by atoms with Gasteiger partial charge in [-0.25, -0.2) is 4.79 Å². The summed E-state index contributed by atoms with van der Waals surface area (Å²) in [7, 11) is 4.63. The van der Waals surface area contributed by atoms with Crippen molar-refractivity contribution in [3.63, 3.8) is 0 Å². The first-order valence-electron chi connectivity index (χ1n) is 12.1. The van der Waals surface area contributed by atoms with Gasteiger partial charge >= 0.3 is 5.97 Å². The molecule has 1 unspecified atom stereocenters. The molecule has 0 spiro atoms. The van der Waals surface area contributed by atoms with Crippen LogP contribution in [0.1, 0.15) is 38.7 Å². The van der Waals surface area contributed by atoms with Gasteiger partial charge in [0.25, 0.3) is 0 Å². The van der Waals surface area contributed by atoms with Crippen molar-refractivity contribution in [3.05, 3.63) is 82.4 Å². The Morgan fingerprint density at radius 2 is 1.70 bits per heavy atom. The van der Waals surface area contributed by atoms with E-state index in [-0.39, 0.29) is 12.0 Å². The molecule has 0 saturated heterocycles. The first kappa shape index (κ1) is 26.3. The SMILES string of the molecule is COC(=O)c1ccc(OCC2c3cc(OC)c(OC)cc3CCN2C(=S)Nc2cc(C)ccc2C)cc1. The third-order valence-electron chi connectivity index (χ3n) is 6.58. The molecule has 1 heterocycles. The van der Waals surface area contributed by atoms with Crippen LogP contribution in [0.5, 0.6) is 17.2 Å². The number of aryl methyl sites for hydroxylation is 2. The van der Waals surface area contributed by atoms with E-state index in [9.17, 15) is 4.79 Å². The third-order valence-corrected chi connectivity index (χ3v) is 6.92. The van der Waals surface area contributed by atoms with E-state index in [0.29, 0.717) is 41.1 Å². The van der Waals surface area contributed by atoms with Crippen LogP contribution >= 0.6 is 12.2 Å². The number of anilines is 1. The van der Waals surface area contributed by atoms with Crippen LogP contribution in [0.15, 0.2) is 54.6 Å². The molecule has 8 heteroatoms. The zero-order chi connectivity index (χ0) is 26.5. The second kappa shape index (κ2) is 11.5. The van der Waals surface area contributed by atoms with Gasteiger partial charge in [-0.1, -0.05) is 12.1 Å². The number of thiocarbonyl (C=S) groups is 1. The Bertz CT molecular complexity index is 1290. The number of methoxy groups -OCH3 is 3. The fraction of sp³-hybridized carbons (Fsp3) is 0.310. The lowest BCUT2D eigenvalue weighted by molar-refractivity contribution is 0.0600. The molecular weight excluding hydrogens is 488 g/mol. The molecule has 0 fully saturated rings. The summed E-state index contributed by atoms with van der Waals surface area (Å²) in [5, 5.41) is 4.08. The van der Waals surface area contributed by atoms with Gasteiger partial charge in [0.05, 0.1) is 32.9 Å². The molecule has 3 aromatic carbocycles. The fourth-order valence-electron chi connectivity index (χ4n) is 4.49. The smallest absolute Gasteiger partial charge is 0.337 e. The normalized spacial score (nSPS) is 14.4. The summed E-state index contributed by atoms with van der Waals surface area (Å²) in [4.78, 5) is 13.9. The molecule has 4 rings (SSSR count). The largest absolute Gasteiger partial charge is 0.493 e. The number of hydrogen-bond acceptors (Lipinski definition) is 6. The van der Waals surface area contributed by atoms with Crippen molar-refractivity contribution in [2.45, 2.75) is 26.3 Å². The van der Waals surface area contributed by atoms with Crippen LogP contribution in [0.2, 0.25) is 0 Å². The van der Waals surface area contributed by atoms with Crippen LogP contribution in [0.3, 0.4) is 0 Å². The number of ether oxygens (including phenoxy) is 4.